The van der Waals surface area contributed by atoms with Crippen LogP contribution in [0.15, 0.2) is 30.3 Å². The highest BCUT2D eigenvalue weighted by molar-refractivity contribution is 7.20. The molecule has 24 heavy (non-hydrogen) atoms. The van der Waals surface area contributed by atoms with Gasteiger partial charge in [0, 0.05) is 17.5 Å². The van der Waals surface area contributed by atoms with Crippen LogP contribution >= 0.6 is 11.3 Å². The topological polar surface area (TPSA) is 48.1 Å². The van der Waals surface area contributed by atoms with Gasteiger partial charge in [-0.15, -0.1) is 4.40 Å². The molecule has 0 saturated heterocycles. The Labute approximate surface area is 145 Å². The molecule has 4 heteroatoms. The molecule has 0 fully saturated rings. The number of fused-ring (bicyclic) bond motifs is 2. The first-order valence-electron chi connectivity index (χ1n) is 8.45. The Morgan fingerprint density at radius 1 is 1.17 bits per heavy atom. The predicted molar refractivity (Wildman–Crippen MR) is 95.3 cm³/mol. The van der Waals surface area contributed by atoms with Crippen LogP contribution in [-0.2, 0) is 19.3 Å². The van der Waals surface area contributed by atoms with Crippen LogP contribution in [0.5, 0.6) is 5.88 Å². The number of nitriles is 1. The molecule has 0 radical (unpaired) electrons. The third-order valence-electron chi connectivity index (χ3n) is 4.90. The molecule has 3 aromatic rings. The number of aryl methyl sites for hydroxylation is 1. The summed E-state index contributed by atoms with van der Waals surface area (Å²) >= 11 is 1.52. The van der Waals surface area contributed by atoms with E-state index in [1.54, 1.807) is 0 Å². The van der Waals surface area contributed by atoms with E-state index in [0.29, 0.717) is 0 Å². The van der Waals surface area contributed by atoms with Crippen LogP contribution in [0.25, 0.3) is 15.3 Å². The first-order valence-corrected chi connectivity index (χ1v) is 9.27. The minimum atomic E-state index is 0.267. The van der Waals surface area contributed by atoms with E-state index >= 15 is 0 Å². The number of aromatic nitrogens is 1. The Hall–Kier alpha value is -2.38. The highest BCUT2D eigenvalue weighted by Crippen LogP contribution is 2.38. The molecule has 3 nitrogen and oxygen atoms in total. The molecule has 2 heterocycles. The summed E-state index contributed by atoms with van der Waals surface area (Å²) < 4.78 is 1.93. The molecule has 0 unspecified atom stereocenters. The smallest absolute Gasteiger partial charge is 0.390 e. The standard InChI is InChI=1S/C20H18N2OS/c1-2-17-15-11-7-6-10-14(15)16(12-21)20-22(17)19(23)18(24-20)13-8-4-3-5-9-13/h3-5,8-9H,2,6-7,10-11H2,1H3/p+1. The van der Waals surface area contributed by atoms with Crippen molar-refractivity contribution in [2.24, 2.45) is 0 Å². The summed E-state index contributed by atoms with van der Waals surface area (Å²) in [7, 11) is 0. The third kappa shape index (κ3) is 2.12. The fourth-order valence-electron chi connectivity index (χ4n) is 3.83. The Morgan fingerprint density at radius 2 is 1.88 bits per heavy atom. The van der Waals surface area contributed by atoms with E-state index in [2.05, 4.69) is 13.0 Å². The van der Waals surface area contributed by atoms with Gasteiger partial charge >= 0.3 is 5.88 Å². The van der Waals surface area contributed by atoms with Gasteiger partial charge in [0.05, 0.1) is 0 Å². The first kappa shape index (κ1) is 15.2. The number of hydrogen-bond donors (Lipinski definition) is 1. The predicted octanol–water partition coefficient (Wildman–Crippen LogP) is 4.17. The molecular formula is C20H19N2OS+. The van der Waals surface area contributed by atoms with E-state index in [-0.39, 0.29) is 5.88 Å². The SMILES string of the molecule is CCc1c2c(c(C#N)c3sc(-c4ccccc4)c(O)[n+]13)CCCC2. The van der Waals surface area contributed by atoms with Crippen molar-refractivity contribution in [3.05, 3.63) is 52.7 Å². The minimum Gasteiger partial charge on any atom is -0.458 e. The minimum absolute atomic E-state index is 0.267. The van der Waals surface area contributed by atoms with Crippen molar-refractivity contribution in [3.63, 3.8) is 0 Å². The Kier molecular flexibility index (Phi) is 3.74. The largest absolute Gasteiger partial charge is 0.458 e. The van der Waals surface area contributed by atoms with Gasteiger partial charge in [-0.1, -0.05) is 48.6 Å². The van der Waals surface area contributed by atoms with Crippen molar-refractivity contribution >= 4 is 16.2 Å². The van der Waals surface area contributed by atoms with Crippen LogP contribution in [0.1, 0.15) is 42.1 Å². The fourth-order valence-corrected chi connectivity index (χ4v) is 5.02. The second kappa shape index (κ2) is 5.92. The lowest BCUT2D eigenvalue weighted by Gasteiger charge is -2.17. The van der Waals surface area contributed by atoms with E-state index in [0.717, 1.165) is 58.6 Å². The molecule has 0 amide bonds. The molecule has 1 N–H and O–H groups in total. The fraction of sp³-hybridized carbons (Fsp3) is 0.300. The molecule has 4 rings (SSSR count). The summed E-state index contributed by atoms with van der Waals surface area (Å²) in [6, 6.07) is 12.3. The van der Waals surface area contributed by atoms with E-state index < -0.39 is 0 Å². The second-order valence-corrected chi connectivity index (χ2v) is 7.21. The molecule has 0 spiro atoms. The van der Waals surface area contributed by atoms with Gasteiger partial charge in [0.1, 0.15) is 11.6 Å². The molecule has 2 aromatic heterocycles. The molecule has 0 aliphatic heterocycles. The number of nitrogens with zero attached hydrogens (tertiary/aromatic N) is 2. The molecule has 1 aromatic carbocycles. The summed E-state index contributed by atoms with van der Waals surface area (Å²) in [5.41, 5.74) is 5.40. The number of benzene rings is 1. The molecular weight excluding hydrogens is 316 g/mol. The van der Waals surface area contributed by atoms with Gasteiger partial charge in [-0.05, 0) is 31.2 Å². The summed E-state index contributed by atoms with van der Waals surface area (Å²) in [5, 5.41) is 20.7. The van der Waals surface area contributed by atoms with E-state index in [9.17, 15) is 10.4 Å². The van der Waals surface area contributed by atoms with Crippen molar-refractivity contribution in [1.29, 1.82) is 5.26 Å². The Balaban J connectivity index is 2.12. The molecule has 1 aliphatic carbocycles. The van der Waals surface area contributed by atoms with Crippen molar-refractivity contribution in [1.82, 2.24) is 0 Å². The van der Waals surface area contributed by atoms with Crippen LogP contribution in [0.4, 0.5) is 0 Å². The van der Waals surface area contributed by atoms with Crippen molar-refractivity contribution in [2.45, 2.75) is 39.0 Å². The average Bonchev–Trinajstić information content (AvgIpc) is 2.97. The van der Waals surface area contributed by atoms with Crippen molar-refractivity contribution in [3.8, 4) is 22.4 Å². The zero-order chi connectivity index (χ0) is 16.7. The van der Waals surface area contributed by atoms with E-state index in [1.165, 1.54) is 22.5 Å². The first-order chi connectivity index (χ1) is 11.8. The van der Waals surface area contributed by atoms with Crippen LogP contribution in [0, 0.1) is 11.3 Å². The third-order valence-corrected chi connectivity index (χ3v) is 6.10. The second-order valence-electron chi connectivity index (χ2n) is 6.21. The Bertz CT molecular complexity index is 967. The zero-order valence-corrected chi connectivity index (χ0v) is 14.5. The average molecular weight is 335 g/mol. The Morgan fingerprint density at radius 3 is 2.54 bits per heavy atom. The number of aromatic hydroxyl groups is 1. The van der Waals surface area contributed by atoms with Crippen molar-refractivity contribution < 1.29 is 9.51 Å². The number of hydrogen-bond acceptors (Lipinski definition) is 3. The summed E-state index contributed by atoms with van der Waals surface area (Å²) in [6.45, 7) is 2.13. The highest BCUT2D eigenvalue weighted by atomic mass is 32.1. The van der Waals surface area contributed by atoms with Gasteiger partial charge in [0.25, 0.3) is 4.83 Å². The van der Waals surface area contributed by atoms with E-state index in [4.69, 9.17) is 0 Å². The molecule has 0 saturated carbocycles. The summed E-state index contributed by atoms with van der Waals surface area (Å²) in [4.78, 5) is 1.72. The number of thiazole rings is 1. The maximum atomic E-state index is 10.9. The molecule has 1 aliphatic rings. The van der Waals surface area contributed by atoms with E-state index in [1.807, 2.05) is 34.7 Å². The van der Waals surface area contributed by atoms with Gasteiger partial charge in [0.15, 0.2) is 10.6 Å². The maximum Gasteiger partial charge on any atom is 0.390 e. The molecule has 0 bridgehead atoms. The lowest BCUT2D eigenvalue weighted by Crippen LogP contribution is -2.30. The molecule has 0 atom stereocenters. The van der Waals surface area contributed by atoms with Crippen LogP contribution in [0.2, 0.25) is 0 Å². The van der Waals surface area contributed by atoms with Gasteiger partial charge in [-0.3, -0.25) is 0 Å². The lowest BCUT2D eigenvalue weighted by atomic mass is 9.87. The number of pyridine rings is 1. The van der Waals surface area contributed by atoms with Crippen LogP contribution < -0.4 is 4.40 Å². The van der Waals surface area contributed by atoms with Gasteiger partial charge < -0.3 is 5.11 Å². The van der Waals surface area contributed by atoms with Gasteiger partial charge in [0.2, 0.25) is 0 Å². The lowest BCUT2D eigenvalue weighted by molar-refractivity contribution is -0.527. The van der Waals surface area contributed by atoms with Crippen LogP contribution in [-0.4, -0.2) is 5.11 Å². The highest BCUT2D eigenvalue weighted by Gasteiger charge is 2.33. The number of rotatable bonds is 2. The summed E-state index contributed by atoms with van der Waals surface area (Å²) in [6.07, 6.45) is 5.14. The monoisotopic (exact) mass is 335 g/mol. The van der Waals surface area contributed by atoms with Gasteiger partial charge in [-0.25, -0.2) is 0 Å². The summed E-state index contributed by atoms with van der Waals surface area (Å²) in [5.74, 6) is 0.267. The quantitative estimate of drug-likeness (QED) is 0.715. The maximum absolute atomic E-state index is 10.9. The normalized spacial score (nSPS) is 13.7. The van der Waals surface area contributed by atoms with Crippen molar-refractivity contribution in [2.75, 3.05) is 0 Å². The zero-order valence-electron chi connectivity index (χ0n) is 13.7. The van der Waals surface area contributed by atoms with Crippen LogP contribution in [0.3, 0.4) is 0 Å². The molecule has 120 valence electrons. The van der Waals surface area contributed by atoms with Gasteiger partial charge in [-0.2, -0.15) is 5.26 Å².